The first-order valence-corrected chi connectivity index (χ1v) is 8.07. The third-order valence-electron chi connectivity index (χ3n) is 3.98. The summed E-state index contributed by atoms with van der Waals surface area (Å²) in [7, 11) is 2.17. The maximum Gasteiger partial charge on any atom is 0.164 e. The van der Waals surface area contributed by atoms with Crippen LogP contribution in [-0.2, 0) is 0 Å². The molecule has 0 N–H and O–H groups in total. The summed E-state index contributed by atoms with van der Waals surface area (Å²) >= 11 is 3.39. The molecule has 1 aliphatic heterocycles. The van der Waals surface area contributed by atoms with Gasteiger partial charge in [-0.15, -0.1) is 0 Å². The fraction of sp³-hybridized carbons (Fsp3) is 0.562. The molecule has 110 valence electrons. The number of benzene rings is 1. The van der Waals surface area contributed by atoms with Gasteiger partial charge in [-0.2, -0.15) is 0 Å². The van der Waals surface area contributed by atoms with Gasteiger partial charge in [0, 0.05) is 35.6 Å². The number of carbonyl (C=O) groups is 1. The fourth-order valence-corrected chi connectivity index (χ4v) is 3.04. The molecule has 0 bridgehead atoms. The number of nitrogens with zero attached hydrogens (tertiary/aromatic N) is 2. The van der Waals surface area contributed by atoms with E-state index in [9.17, 15) is 4.79 Å². The second kappa shape index (κ2) is 7.34. The molecule has 1 atom stereocenters. The number of likely N-dealkylation sites (N-methyl/N-ethyl adjacent to an activating group) is 1. The Morgan fingerprint density at radius 3 is 2.70 bits per heavy atom. The van der Waals surface area contributed by atoms with E-state index in [0.29, 0.717) is 12.5 Å². The average Bonchev–Trinajstić information content (AvgIpc) is 2.57. The van der Waals surface area contributed by atoms with Crippen molar-refractivity contribution in [2.45, 2.75) is 25.8 Å². The number of ketones is 1. The first kappa shape index (κ1) is 15.7. The molecule has 0 aromatic heterocycles. The van der Waals surface area contributed by atoms with Gasteiger partial charge in [-0.25, -0.2) is 0 Å². The molecule has 1 aromatic rings. The molecule has 0 radical (unpaired) electrons. The van der Waals surface area contributed by atoms with Gasteiger partial charge < -0.3 is 4.90 Å². The lowest BCUT2D eigenvalue weighted by atomic mass is 10.1. The van der Waals surface area contributed by atoms with Crippen LogP contribution in [0, 0.1) is 0 Å². The Hall–Kier alpha value is -0.710. The molecule has 1 heterocycles. The molecule has 2 rings (SSSR count). The zero-order valence-corrected chi connectivity index (χ0v) is 13.9. The maximum absolute atomic E-state index is 12.2. The lowest BCUT2D eigenvalue weighted by Crippen LogP contribution is -2.39. The van der Waals surface area contributed by atoms with Crippen LogP contribution in [0.15, 0.2) is 28.7 Å². The van der Waals surface area contributed by atoms with Crippen LogP contribution >= 0.6 is 15.9 Å². The Kier molecular flexibility index (Phi) is 5.75. The molecule has 4 heteroatoms. The fourth-order valence-electron chi connectivity index (χ4n) is 2.78. The first-order valence-electron chi connectivity index (χ1n) is 7.27. The molecule has 1 fully saturated rings. The van der Waals surface area contributed by atoms with Crippen molar-refractivity contribution in [3.8, 4) is 0 Å². The standard InChI is InChI=1S/C16H23BrN2O/c1-13-12-18(2)9-3-10-19(13)11-8-16(20)14-4-6-15(17)7-5-14/h4-7,13H,3,8-12H2,1-2H3. The van der Waals surface area contributed by atoms with Gasteiger partial charge >= 0.3 is 0 Å². The van der Waals surface area contributed by atoms with E-state index in [-0.39, 0.29) is 5.78 Å². The minimum Gasteiger partial charge on any atom is -0.305 e. The molecule has 0 aliphatic carbocycles. The van der Waals surface area contributed by atoms with E-state index in [2.05, 4.69) is 39.7 Å². The molecular formula is C16H23BrN2O. The van der Waals surface area contributed by atoms with Gasteiger partial charge in [0.25, 0.3) is 0 Å². The number of hydrogen-bond donors (Lipinski definition) is 0. The van der Waals surface area contributed by atoms with E-state index in [4.69, 9.17) is 0 Å². The van der Waals surface area contributed by atoms with Crippen molar-refractivity contribution in [3.05, 3.63) is 34.3 Å². The van der Waals surface area contributed by atoms with Crippen LogP contribution in [0.2, 0.25) is 0 Å². The quantitative estimate of drug-likeness (QED) is 0.788. The molecular weight excluding hydrogens is 316 g/mol. The van der Waals surface area contributed by atoms with Gasteiger partial charge in [-0.1, -0.05) is 28.1 Å². The summed E-state index contributed by atoms with van der Waals surface area (Å²) in [6.45, 7) is 6.46. The zero-order chi connectivity index (χ0) is 14.5. The topological polar surface area (TPSA) is 23.6 Å². The molecule has 1 aromatic carbocycles. The summed E-state index contributed by atoms with van der Waals surface area (Å²) in [4.78, 5) is 17.0. The van der Waals surface area contributed by atoms with E-state index >= 15 is 0 Å². The summed E-state index contributed by atoms with van der Waals surface area (Å²) in [5.74, 6) is 0.238. The summed E-state index contributed by atoms with van der Waals surface area (Å²) < 4.78 is 1.01. The minimum absolute atomic E-state index is 0.238. The molecule has 1 aliphatic rings. The number of hydrogen-bond acceptors (Lipinski definition) is 3. The second-order valence-electron chi connectivity index (χ2n) is 5.68. The van der Waals surface area contributed by atoms with Crippen LogP contribution in [0.4, 0.5) is 0 Å². The first-order chi connectivity index (χ1) is 9.56. The predicted molar refractivity (Wildman–Crippen MR) is 86.2 cm³/mol. The highest BCUT2D eigenvalue weighted by molar-refractivity contribution is 9.10. The number of carbonyl (C=O) groups excluding carboxylic acids is 1. The van der Waals surface area contributed by atoms with Crippen LogP contribution in [-0.4, -0.2) is 54.9 Å². The molecule has 0 saturated carbocycles. The number of rotatable bonds is 4. The van der Waals surface area contributed by atoms with Crippen molar-refractivity contribution in [1.29, 1.82) is 0 Å². The highest BCUT2D eigenvalue weighted by atomic mass is 79.9. The van der Waals surface area contributed by atoms with Gasteiger partial charge in [0.1, 0.15) is 0 Å². The zero-order valence-electron chi connectivity index (χ0n) is 12.3. The van der Waals surface area contributed by atoms with Gasteiger partial charge in [-0.05, 0) is 45.6 Å². The summed E-state index contributed by atoms with van der Waals surface area (Å²) in [5, 5.41) is 0. The van der Waals surface area contributed by atoms with Crippen molar-refractivity contribution in [2.75, 3.05) is 33.2 Å². The van der Waals surface area contributed by atoms with E-state index in [1.165, 1.54) is 6.42 Å². The summed E-state index contributed by atoms with van der Waals surface area (Å²) in [6, 6.07) is 8.17. The highest BCUT2D eigenvalue weighted by Gasteiger charge is 2.20. The van der Waals surface area contributed by atoms with Crippen LogP contribution in [0.5, 0.6) is 0 Å². The second-order valence-corrected chi connectivity index (χ2v) is 6.60. The van der Waals surface area contributed by atoms with Crippen LogP contribution in [0.1, 0.15) is 30.1 Å². The summed E-state index contributed by atoms with van der Waals surface area (Å²) in [6.07, 6.45) is 1.79. The molecule has 3 nitrogen and oxygen atoms in total. The van der Waals surface area contributed by atoms with E-state index in [1.807, 2.05) is 24.3 Å². The lowest BCUT2D eigenvalue weighted by molar-refractivity contribution is 0.0953. The molecule has 1 unspecified atom stereocenters. The minimum atomic E-state index is 0.238. The van der Waals surface area contributed by atoms with E-state index in [0.717, 1.165) is 36.2 Å². The Balaban J connectivity index is 1.87. The highest BCUT2D eigenvalue weighted by Crippen LogP contribution is 2.14. The van der Waals surface area contributed by atoms with Gasteiger partial charge in [0.05, 0.1) is 0 Å². The van der Waals surface area contributed by atoms with Crippen LogP contribution < -0.4 is 0 Å². The monoisotopic (exact) mass is 338 g/mol. The molecule has 1 saturated heterocycles. The Bertz CT molecular complexity index is 446. The van der Waals surface area contributed by atoms with Crippen molar-refractivity contribution in [2.24, 2.45) is 0 Å². The van der Waals surface area contributed by atoms with Gasteiger partial charge in [0.15, 0.2) is 5.78 Å². The van der Waals surface area contributed by atoms with Crippen molar-refractivity contribution in [3.63, 3.8) is 0 Å². The van der Waals surface area contributed by atoms with Crippen molar-refractivity contribution in [1.82, 2.24) is 9.80 Å². The third kappa shape index (κ3) is 4.40. The van der Waals surface area contributed by atoms with Crippen LogP contribution in [0.3, 0.4) is 0 Å². The number of halogens is 1. The number of Topliss-reactive ketones (excluding diaryl/α,β-unsaturated/α-hetero) is 1. The Labute approximate surface area is 130 Å². The normalized spacial score (nSPS) is 21.6. The third-order valence-corrected chi connectivity index (χ3v) is 4.51. The van der Waals surface area contributed by atoms with Crippen molar-refractivity contribution >= 4 is 21.7 Å². The Morgan fingerprint density at radius 2 is 2.00 bits per heavy atom. The lowest BCUT2D eigenvalue weighted by Gasteiger charge is -2.27. The average molecular weight is 339 g/mol. The largest absolute Gasteiger partial charge is 0.305 e. The molecule has 0 amide bonds. The van der Waals surface area contributed by atoms with Gasteiger partial charge in [-0.3, -0.25) is 9.69 Å². The SMILES string of the molecule is CC1CN(C)CCCN1CCC(=O)c1ccc(Br)cc1. The van der Waals surface area contributed by atoms with Gasteiger partial charge in [0.2, 0.25) is 0 Å². The van der Waals surface area contributed by atoms with Crippen molar-refractivity contribution < 1.29 is 4.79 Å². The predicted octanol–water partition coefficient (Wildman–Crippen LogP) is 3.05. The Morgan fingerprint density at radius 1 is 1.30 bits per heavy atom. The van der Waals surface area contributed by atoms with E-state index < -0.39 is 0 Å². The van der Waals surface area contributed by atoms with Crippen LogP contribution in [0.25, 0.3) is 0 Å². The maximum atomic E-state index is 12.2. The summed E-state index contributed by atoms with van der Waals surface area (Å²) in [5.41, 5.74) is 0.813. The molecule has 0 spiro atoms. The van der Waals surface area contributed by atoms with E-state index in [1.54, 1.807) is 0 Å². The smallest absolute Gasteiger partial charge is 0.164 e. The molecule has 20 heavy (non-hydrogen) atoms.